The monoisotopic (exact) mass is 391 g/mol. The van der Waals surface area contributed by atoms with E-state index in [1.54, 1.807) is 54.5 Å². The summed E-state index contributed by atoms with van der Waals surface area (Å²) in [6.45, 7) is 3.57. The number of hydrogen-bond acceptors (Lipinski definition) is 5. The molecule has 146 valence electrons. The highest BCUT2D eigenvalue weighted by atomic mass is 19.1. The molecule has 0 unspecified atom stereocenters. The fraction of sp³-hybridized carbons (Fsp3) is 0.150. The van der Waals surface area contributed by atoms with E-state index in [0.29, 0.717) is 34.2 Å². The molecule has 2 aromatic heterocycles. The first-order valence-corrected chi connectivity index (χ1v) is 8.90. The molecule has 0 saturated carbocycles. The lowest BCUT2D eigenvalue weighted by molar-refractivity contribution is 0.102. The second kappa shape index (κ2) is 7.27. The molecular weight excluding hydrogens is 373 g/mol. The van der Waals surface area contributed by atoms with E-state index in [0.717, 1.165) is 5.56 Å². The summed E-state index contributed by atoms with van der Waals surface area (Å²) in [6, 6.07) is 13.2. The molecule has 29 heavy (non-hydrogen) atoms. The van der Waals surface area contributed by atoms with Crippen LogP contribution in [0.25, 0.3) is 17.1 Å². The maximum atomic E-state index is 13.2. The summed E-state index contributed by atoms with van der Waals surface area (Å²) in [4.78, 5) is 12.9. The molecule has 0 aliphatic heterocycles. The lowest BCUT2D eigenvalue weighted by Crippen LogP contribution is -2.14. The van der Waals surface area contributed by atoms with E-state index in [1.807, 2.05) is 12.1 Å². The van der Waals surface area contributed by atoms with Gasteiger partial charge in [-0.15, -0.1) is 5.10 Å². The smallest absolute Gasteiger partial charge is 0.259 e. The summed E-state index contributed by atoms with van der Waals surface area (Å²) < 4.78 is 16.4. The van der Waals surface area contributed by atoms with Gasteiger partial charge in [0.2, 0.25) is 0 Å². The van der Waals surface area contributed by atoms with Crippen molar-refractivity contribution in [3.63, 3.8) is 0 Å². The minimum Gasteiger partial charge on any atom is -0.322 e. The molecule has 0 aliphatic carbocycles. The van der Waals surface area contributed by atoms with Crippen LogP contribution in [-0.2, 0) is 7.05 Å². The molecule has 0 bridgehead atoms. The number of rotatable bonds is 4. The number of carbonyl (C=O) groups is 1. The first kappa shape index (κ1) is 18.5. The topological polar surface area (TPSA) is 90.5 Å². The van der Waals surface area contributed by atoms with Gasteiger partial charge in [-0.2, -0.15) is 5.10 Å². The minimum atomic E-state index is -0.328. The Labute approximate surface area is 166 Å². The maximum absolute atomic E-state index is 13.2. The van der Waals surface area contributed by atoms with E-state index >= 15 is 0 Å². The first-order chi connectivity index (χ1) is 13.9. The van der Waals surface area contributed by atoms with Gasteiger partial charge in [-0.3, -0.25) is 4.79 Å². The average Bonchev–Trinajstić information content (AvgIpc) is 3.25. The van der Waals surface area contributed by atoms with Gasteiger partial charge < -0.3 is 5.32 Å². The van der Waals surface area contributed by atoms with Crippen molar-refractivity contribution in [2.24, 2.45) is 7.05 Å². The highest BCUT2D eigenvalue weighted by Crippen LogP contribution is 2.22. The SMILES string of the molecule is Cc1nn(-c2ccc(F)cc2)c(C)c1C(=O)Nc1cccc(-c2nnnn2C)c1. The molecule has 1 amide bonds. The molecule has 0 radical (unpaired) electrons. The van der Waals surface area contributed by atoms with Crippen LogP contribution in [0.4, 0.5) is 10.1 Å². The molecule has 0 saturated heterocycles. The summed E-state index contributed by atoms with van der Waals surface area (Å²) in [5.74, 6) is -0.00886. The van der Waals surface area contributed by atoms with Crippen molar-refractivity contribution in [3.05, 3.63) is 71.3 Å². The van der Waals surface area contributed by atoms with Gasteiger partial charge in [0.1, 0.15) is 5.82 Å². The number of carbonyl (C=O) groups excluding carboxylic acids is 1. The largest absolute Gasteiger partial charge is 0.322 e. The number of amides is 1. The zero-order chi connectivity index (χ0) is 20.5. The Hall–Kier alpha value is -3.88. The Kier molecular flexibility index (Phi) is 4.63. The molecule has 9 heteroatoms. The van der Waals surface area contributed by atoms with Crippen LogP contribution in [0.15, 0.2) is 48.5 Å². The second-order valence-electron chi connectivity index (χ2n) is 6.60. The van der Waals surface area contributed by atoms with Crippen LogP contribution in [0.1, 0.15) is 21.7 Å². The second-order valence-corrected chi connectivity index (χ2v) is 6.60. The van der Waals surface area contributed by atoms with Crippen molar-refractivity contribution in [3.8, 4) is 17.1 Å². The molecule has 8 nitrogen and oxygen atoms in total. The quantitative estimate of drug-likeness (QED) is 0.577. The summed E-state index contributed by atoms with van der Waals surface area (Å²) in [5, 5.41) is 18.8. The first-order valence-electron chi connectivity index (χ1n) is 8.90. The van der Waals surface area contributed by atoms with Crippen molar-refractivity contribution in [2.45, 2.75) is 13.8 Å². The Balaban J connectivity index is 1.63. The van der Waals surface area contributed by atoms with E-state index in [-0.39, 0.29) is 11.7 Å². The standard InChI is InChI=1S/C20H18FN7O/c1-12-18(13(2)28(24-12)17-9-7-15(21)8-10-17)20(29)22-16-6-4-5-14(11-16)19-23-25-26-27(19)3/h4-11H,1-3H3,(H,22,29). The lowest BCUT2D eigenvalue weighted by Gasteiger charge is -2.08. The highest BCUT2D eigenvalue weighted by Gasteiger charge is 2.20. The Morgan fingerprint density at radius 2 is 1.86 bits per heavy atom. The van der Waals surface area contributed by atoms with Gasteiger partial charge in [0.05, 0.1) is 22.6 Å². The number of benzene rings is 2. The Bertz CT molecular complexity index is 1190. The number of aromatic nitrogens is 6. The van der Waals surface area contributed by atoms with Crippen molar-refractivity contribution < 1.29 is 9.18 Å². The van der Waals surface area contributed by atoms with Crippen LogP contribution >= 0.6 is 0 Å². The van der Waals surface area contributed by atoms with E-state index in [1.165, 1.54) is 12.1 Å². The van der Waals surface area contributed by atoms with E-state index in [4.69, 9.17) is 0 Å². The zero-order valence-electron chi connectivity index (χ0n) is 16.1. The average molecular weight is 391 g/mol. The van der Waals surface area contributed by atoms with Gasteiger partial charge in [0.25, 0.3) is 5.91 Å². The van der Waals surface area contributed by atoms with Crippen molar-refractivity contribution >= 4 is 11.6 Å². The molecule has 0 fully saturated rings. The van der Waals surface area contributed by atoms with Gasteiger partial charge in [-0.25, -0.2) is 13.8 Å². The summed E-state index contributed by atoms with van der Waals surface area (Å²) >= 11 is 0. The molecular formula is C20H18FN7O. The molecule has 2 aromatic carbocycles. The summed E-state index contributed by atoms with van der Waals surface area (Å²) in [5.41, 5.74) is 3.80. The third kappa shape index (κ3) is 3.49. The molecule has 2 heterocycles. The van der Waals surface area contributed by atoms with Gasteiger partial charge in [0.15, 0.2) is 5.82 Å². The van der Waals surface area contributed by atoms with Crippen molar-refractivity contribution in [1.82, 2.24) is 30.0 Å². The maximum Gasteiger partial charge on any atom is 0.259 e. The van der Waals surface area contributed by atoms with Gasteiger partial charge in [0, 0.05) is 18.3 Å². The predicted octanol–water partition coefficient (Wildman–Crippen LogP) is 3.07. The van der Waals surface area contributed by atoms with Crippen molar-refractivity contribution in [2.75, 3.05) is 5.32 Å². The predicted molar refractivity (Wildman–Crippen MR) is 105 cm³/mol. The number of anilines is 1. The lowest BCUT2D eigenvalue weighted by atomic mass is 10.1. The zero-order valence-corrected chi connectivity index (χ0v) is 16.1. The Morgan fingerprint density at radius 1 is 1.10 bits per heavy atom. The van der Waals surface area contributed by atoms with E-state index in [2.05, 4.69) is 25.9 Å². The molecule has 0 spiro atoms. The molecule has 0 aliphatic rings. The third-order valence-electron chi connectivity index (χ3n) is 4.59. The Morgan fingerprint density at radius 3 is 2.55 bits per heavy atom. The molecule has 0 atom stereocenters. The minimum absolute atomic E-state index is 0.276. The van der Waals surface area contributed by atoms with E-state index in [9.17, 15) is 9.18 Å². The van der Waals surface area contributed by atoms with Crippen LogP contribution in [0.2, 0.25) is 0 Å². The van der Waals surface area contributed by atoms with Crippen LogP contribution in [0, 0.1) is 19.7 Å². The number of halogens is 1. The van der Waals surface area contributed by atoms with Crippen LogP contribution in [0.5, 0.6) is 0 Å². The fourth-order valence-corrected chi connectivity index (χ4v) is 3.21. The molecule has 4 rings (SSSR count). The number of nitrogens with zero attached hydrogens (tertiary/aromatic N) is 6. The van der Waals surface area contributed by atoms with Crippen LogP contribution < -0.4 is 5.32 Å². The fourth-order valence-electron chi connectivity index (χ4n) is 3.21. The highest BCUT2D eigenvalue weighted by molar-refractivity contribution is 6.06. The number of hydrogen-bond donors (Lipinski definition) is 1. The normalized spacial score (nSPS) is 10.9. The third-order valence-corrected chi connectivity index (χ3v) is 4.59. The van der Waals surface area contributed by atoms with Gasteiger partial charge >= 0.3 is 0 Å². The number of aryl methyl sites for hydroxylation is 2. The molecule has 1 N–H and O–H groups in total. The van der Waals surface area contributed by atoms with Gasteiger partial charge in [-0.1, -0.05) is 12.1 Å². The van der Waals surface area contributed by atoms with Crippen LogP contribution in [0.3, 0.4) is 0 Å². The van der Waals surface area contributed by atoms with Gasteiger partial charge in [-0.05, 0) is 60.7 Å². The van der Waals surface area contributed by atoms with Crippen LogP contribution in [-0.4, -0.2) is 35.9 Å². The summed E-state index contributed by atoms with van der Waals surface area (Å²) in [6.07, 6.45) is 0. The van der Waals surface area contributed by atoms with Crippen molar-refractivity contribution in [1.29, 1.82) is 0 Å². The van der Waals surface area contributed by atoms with E-state index < -0.39 is 0 Å². The summed E-state index contributed by atoms with van der Waals surface area (Å²) in [7, 11) is 1.75. The molecule has 4 aromatic rings. The number of nitrogens with one attached hydrogen (secondary N) is 1. The number of tetrazole rings is 1.